The van der Waals surface area contributed by atoms with Crippen molar-refractivity contribution in [3.63, 3.8) is 0 Å². The Morgan fingerprint density at radius 3 is 2.29 bits per heavy atom. The van der Waals surface area contributed by atoms with Gasteiger partial charge in [-0.3, -0.25) is 9.69 Å². The zero-order chi connectivity index (χ0) is 19.9. The molecule has 28 heavy (non-hydrogen) atoms. The molecule has 0 aromatic heterocycles. The van der Waals surface area contributed by atoms with E-state index in [4.69, 9.17) is 0 Å². The van der Waals surface area contributed by atoms with Crippen molar-refractivity contribution in [3.8, 4) is 0 Å². The lowest BCUT2D eigenvalue weighted by Crippen LogP contribution is -2.54. The quantitative estimate of drug-likeness (QED) is 0.793. The van der Waals surface area contributed by atoms with Gasteiger partial charge in [0.15, 0.2) is 0 Å². The van der Waals surface area contributed by atoms with Gasteiger partial charge in [0.2, 0.25) is 5.91 Å². The molecule has 1 N–H and O–H groups in total. The Bertz CT molecular complexity index is 742. The summed E-state index contributed by atoms with van der Waals surface area (Å²) in [5.41, 5.74) is 2.30. The molecule has 1 aliphatic rings. The van der Waals surface area contributed by atoms with Gasteiger partial charge in [0.1, 0.15) is 5.82 Å². The molecule has 1 fully saturated rings. The Labute approximate surface area is 167 Å². The van der Waals surface area contributed by atoms with Gasteiger partial charge in [0.05, 0.1) is 6.04 Å². The first-order valence-electron chi connectivity index (χ1n) is 10.2. The van der Waals surface area contributed by atoms with Crippen LogP contribution in [0.2, 0.25) is 0 Å². The van der Waals surface area contributed by atoms with Crippen molar-refractivity contribution >= 4 is 11.6 Å². The van der Waals surface area contributed by atoms with Crippen LogP contribution in [0.25, 0.3) is 0 Å². The first-order valence-corrected chi connectivity index (χ1v) is 10.2. The molecule has 0 unspecified atom stereocenters. The molecule has 2 atom stereocenters. The standard InChI is InChI=1S/C23H30FN3O/c1-3-19(20-7-5-4-6-8-20)17-25-23(28)18(2)26-13-15-27(16-14-26)22-11-9-21(24)10-12-22/h4-12,18-19H,3,13-17H2,1-2H3,(H,25,28)/t18-,19-/m0/s1. The van der Waals surface area contributed by atoms with Crippen LogP contribution in [0.5, 0.6) is 0 Å². The van der Waals surface area contributed by atoms with Gasteiger partial charge in [0, 0.05) is 44.3 Å². The minimum absolute atomic E-state index is 0.0876. The van der Waals surface area contributed by atoms with Crippen molar-refractivity contribution in [3.05, 3.63) is 66.0 Å². The van der Waals surface area contributed by atoms with Crippen molar-refractivity contribution in [2.45, 2.75) is 32.2 Å². The number of carbonyl (C=O) groups excluding carboxylic acids is 1. The van der Waals surface area contributed by atoms with E-state index >= 15 is 0 Å². The molecule has 0 saturated carbocycles. The Hall–Kier alpha value is -2.40. The van der Waals surface area contributed by atoms with Gasteiger partial charge in [0.25, 0.3) is 0 Å². The fraction of sp³-hybridized carbons (Fsp3) is 0.435. The number of nitrogens with zero attached hydrogens (tertiary/aromatic N) is 2. The van der Waals surface area contributed by atoms with Crippen LogP contribution in [-0.2, 0) is 4.79 Å². The van der Waals surface area contributed by atoms with Crippen LogP contribution in [0.3, 0.4) is 0 Å². The number of halogens is 1. The Morgan fingerprint density at radius 2 is 1.68 bits per heavy atom. The van der Waals surface area contributed by atoms with E-state index in [1.165, 1.54) is 17.7 Å². The Kier molecular flexibility index (Phi) is 7.04. The number of hydrogen-bond donors (Lipinski definition) is 1. The average Bonchev–Trinajstić information content (AvgIpc) is 2.75. The van der Waals surface area contributed by atoms with E-state index in [2.05, 4.69) is 34.2 Å². The molecule has 0 bridgehead atoms. The summed E-state index contributed by atoms with van der Waals surface area (Å²) in [5, 5.41) is 3.14. The fourth-order valence-electron chi connectivity index (χ4n) is 3.78. The summed E-state index contributed by atoms with van der Waals surface area (Å²) in [6.45, 7) is 8.12. The fourth-order valence-corrected chi connectivity index (χ4v) is 3.78. The maximum absolute atomic E-state index is 13.1. The summed E-state index contributed by atoms with van der Waals surface area (Å²) in [5.74, 6) is 0.214. The van der Waals surface area contributed by atoms with Crippen LogP contribution < -0.4 is 10.2 Å². The van der Waals surface area contributed by atoms with Crippen molar-refractivity contribution in [2.24, 2.45) is 0 Å². The molecule has 5 heteroatoms. The molecule has 1 heterocycles. The minimum atomic E-state index is -0.214. The predicted molar refractivity (Wildman–Crippen MR) is 112 cm³/mol. The second-order valence-electron chi connectivity index (χ2n) is 7.44. The van der Waals surface area contributed by atoms with Crippen molar-refractivity contribution in [1.82, 2.24) is 10.2 Å². The van der Waals surface area contributed by atoms with E-state index in [0.29, 0.717) is 12.5 Å². The average molecular weight is 384 g/mol. The van der Waals surface area contributed by atoms with Gasteiger partial charge < -0.3 is 10.2 Å². The third-order valence-corrected chi connectivity index (χ3v) is 5.72. The first kappa shape index (κ1) is 20.3. The van der Waals surface area contributed by atoms with E-state index < -0.39 is 0 Å². The zero-order valence-electron chi connectivity index (χ0n) is 16.8. The predicted octanol–water partition coefficient (Wildman–Crippen LogP) is 3.65. The van der Waals surface area contributed by atoms with Crippen LogP contribution in [-0.4, -0.2) is 49.6 Å². The van der Waals surface area contributed by atoms with Crippen LogP contribution >= 0.6 is 0 Å². The molecule has 0 radical (unpaired) electrons. The number of benzene rings is 2. The molecule has 2 aromatic carbocycles. The molecule has 1 saturated heterocycles. The number of anilines is 1. The lowest BCUT2D eigenvalue weighted by Gasteiger charge is -2.38. The number of amides is 1. The van der Waals surface area contributed by atoms with Crippen molar-refractivity contribution in [1.29, 1.82) is 0 Å². The molecule has 150 valence electrons. The molecule has 1 aliphatic heterocycles. The SMILES string of the molecule is CC[C@@H](CNC(=O)[C@H](C)N1CCN(c2ccc(F)cc2)CC1)c1ccccc1. The lowest BCUT2D eigenvalue weighted by atomic mass is 9.96. The molecule has 2 aromatic rings. The molecular formula is C23H30FN3O. The molecule has 0 aliphatic carbocycles. The van der Waals surface area contributed by atoms with Gasteiger partial charge in [-0.05, 0) is 43.2 Å². The van der Waals surface area contributed by atoms with Gasteiger partial charge >= 0.3 is 0 Å². The molecule has 0 spiro atoms. The summed E-state index contributed by atoms with van der Waals surface area (Å²) in [7, 11) is 0. The topological polar surface area (TPSA) is 35.6 Å². The number of hydrogen-bond acceptors (Lipinski definition) is 3. The monoisotopic (exact) mass is 383 g/mol. The number of nitrogens with one attached hydrogen (secondary N) is 1. The summed E-state index contributed by atoms with van der Waals surface area (Å²) in [6, 6.07) is 16.8. The third kappa shape index (κ3) is 5.10. The van der Waals surface area contributed by atoms with E-state index in [0.717, 1.165) is 38.3 Å². The molecule has 1 amide bonds. The second kappa shape index (κ2) is 9.69. The van der Waals surface area contributed by atoms with E-state index in [9.17, 15) is 9.18 Å². The van der Waals surface area contributed by atoms with E-state index in [1.807, 2.05) is 37.3 Å². The van der Waals surface area contributed by atoms with Crippen LogP contribution in [0.15, 0.2) is 54.6 Å². The molecule has 4 nitrogen and oxygen atoms in total. The highest BCUT2D eigenvalue weighted by Crippen LogP contribution is 2.19. The van der Waals surface area contributed by atoms with Crippen LogP contribution in [0.1, 0.15) is 31.7 Å². The highest BCUT2D eigenvalue weighted by Gasteiger charge is 2.26. The second-order valence-corrected chi connectivity index (χ2v) is 7.44. The first-order chi connectivity index (χ1) is 13.6. The van der Waals surface area contributed by atoms with E-state index in [1.54, 1.807) is 0 Å². The highest BCUT2D eigenvalue weighted by atomic mass is 19.1. The third-order valence-electron chi connectivity index (χ3n) is 5.72. The van der Waals surface area contributed by atoms with Gasteiger partial charge in [-0.25, -0.2) is 4.39 Å². The lowest BCUT2D eigenvalue weighted by molar-refractivity contribution is -0.126. The summed E-state index contributed by atoms with van der Waals surface area (Å²) < 4.78 is 13.1. The van der Waals surface area contributed by atoms with E-state index in [-0.39, 0.29) is 17.8 Å². The zero-order valence-corrected chi connectivity index (χ0v) is 16.8. The van der Waals surface area contributed by atoms with Crippen LogP contribution in [0, 0.1) is 5.82 Å². The maximum Gasteiger partial charge on any atom is 0.237 e. The summed E-state index contributed by atoms with van der Waals surface area (Å²) in [4.78, 5) is 17.1. The molecule has 3 rings (SSSR count). The minimum Gasteiger partial charge on any atom is -0.369 e. The van der Waals surface area contributed by atoms with Gasteiger partial charge in [-0.15, -0.1) is 0 Å². The van der Waals surface area contributed by atoms with Gasteiger partial charge in [-0.1, -0.05) is 37.3 Å². The largest absolute Gasteiger partial charge is 0.369 e. The normalized spacial score (nSPS) is 17.2. The van der Waals surface area contributed by atoms with Crippen molar-refractivity contribution in [2.75, 3.05) is 37.6 Å². The number of carbonyl (C=O) groups is 1. The smallest absolute Gasteiger partial charge is 0.237 e. The Morgan fingerprint density at radius 1 is 1.04 bits per heavy atom. The highest BCUT2D eigenvalue weighted by molar-refractivity contribution is 5.81. The van der Waals surface area contributed by atoms with Crippen LogP contribution in [0.4, 0.5) is 10.1 Å². The number of piperazine rings is 1. The summed E-state index contributed by atoms with van der Waals surface area (Å²) >= 11 is 0. The van der Waals surface area contributed by atoms with Gasteiger partial charge in [-0.2, -0.15) is 0 Å². The molecular weight excluding hydrogens is 353 g/mol. The maximum atomic E-state index is 13.1. The summed E-state index contributed by atoms with van der Waals surface area (Å²) in [6.07, 6.45) is 0.995. The number of rotatable bonds is 7. The Balaban J connectivity index is 1.48. The van der Waals surface area contributed by atoms with Crippen molar-refractivity contribution < 1.29 is 9.18 Å².